The van der Waals surface area contributed by atoms with Crippen LogP contribution in [0, 0.1) is 6.92 Å². The SMILES string of the molecule is C[CH2][Hg]([PH2])[Cl].[CH2]CCCC. The number of rotatable bonds is 3. The molecule has 0 aromatic rings. The second-order valence-electron chi connectivity index (χ2n) is 2.34. The Morgan fingerprint density at radius 1 is 1.50 bits per heavy atom. The van der Waals surface area contributed by atoms with Crippen molar-refractivity contribution in [3.63, 3.8) is 0 Å². The molecule has 0 N–H and O–H groups in total. The third-order valence-electron chi connectivity index (χ3n) is 1.08. The first-order chi connectivity index (χ1) is 4.68. The standard InChI is InChI=1S/C5H11.C2H5.ClH.Hg.H2P/c1-3-5-4-2;1-2;;;/h1,3-5H2,2H3;1H2,2H3;1H;;1H2/q;;;+2;-1/p-1. The average molecular weight is 369 g/mol. The Hall–Kier alpha value is 1.66. The van der Waals surface area contributed by atoms with Gasteiger partial charge in [0.15, 0.2) is 0 Å². The van der Waals surface area contributed by atoms with E-state index in [0.717, 1.165) is 6.42 Å². The van der Waals surface area contributed by atoms with Crippen LogP contribution in [0.25, 0.3) is 0 Å². The summed E-state index contributed by atoms with van der Waals surface area (Å²) in [5.41, 5.74) is 0. The molecule has 1 atom stereocenters. The molecule has 0 aliphatic heterocycles. The molecule has 0 rings (SSSR count). The Bertz CT molecular complexity index is 48.9. The van der Waals surface area contributed by atoms with Gasteiger partial charge in [0, 0.05) is 0 Å². The number of hydrogen-bond donors (Lipinski definition) is 0. The smallest absolute Gasteiger partial charge is 0.0533 e. The van der Waals surface area contributed by atoms with Crippen LogP contribution in [-0.4, -0.2) is 0 Å². The van der Waals surface area contributed by atoms with Crippen LogP contribution in [0.4, 0.5) is 0 Å². The summed E-state index contributed by atoms with van der Waals surface area (Å²) >= 11 is -1.45. The van der Waals surface area contributed by atoms with Gasteiger partial charge in [-0.2, -0.15) is 0 Å². The van der Waals surface area contributed by atoms with Gasteiger partial charge in [-0.05, 0) is 0 Å². The third kappa shape index (κ3) is 22.6. The van der Waals surface area contributed by atoms with E-state index in [1.165, 1.54) is 16.8 Å². The molecule has 0 bridgehead atoms. The van der Waals surface area contributed by atoms with E-state index in [-0.39, 0.29) is 0 Å². The van der Waals surface area contributed by atoms with E-state index in [1.807, 2.05) is 0 Å². The minimum absolute atomic E-state index is 1.09. The minimum Gasteiger partial charge on any atom is -0.0654 e. The van der Waals surface area contributed by atoms with E-state index >= 15 is 0 Å². The van der Waals surface area contributed by atoms with E-state index in [4.69, 9.17) is 8.25 Å². The molecule has 1 unspecified atom stereocenters. The van der Waals surface area contributed by atoms with Crippen LogP contribution in [0.2, 0.25) is 3.93 Å². The molecule has 0 nitrogen and oxygen atoms in total. The zero-order valence-corrected chi connectivity index (χ0v) is 14.6. The van der Waals surface area contributed by atoms with Crippen molar-refractivity contribution in [1.82, 2.24) is 0 Å². The van der Waals surface area contributed by atoms with Gasteiger partial charge < -0.3 is 0 Å². The Morgan fingerprint density at radius 2 is 1.90 bits per heavy atom. The molecule has 0 fully saturated rings. The molecule has 0 aliphatic rings. The van der Waals surface area contributed by atoms with Crippen LogP contribution in [0.15, 0.2) is 0 Å². The van der Waals surface area contributed by atoms with E-state index in [1.54, 1.807) is 0 Å². The Kier molecular flexibility index (Phi) is 18.8. The quantitative estimate of drug-likeness (QED) is 0.521. The van der Waals surface area contributed by atoms with Crippen molar-refractivity contribution >= 4 is 14.5 Å². The first kappa shape index (κ1) is 14.2. The van der Waals surface area contributed by atoms with Crippen LogP contribution in [0.1, 0.15) is 33.1 Å². The molecule has 0 saturated carbocycles. The molecule has 10 heavy (non-hydrogen) atoms. The number of halogens is 1. The molecular formula is C7H18ClHgP. The third-order valence-corrected chi connectivity index (χ3v) is 13.2. The van der Waals surface area contributed by atoms with Crippen LogP contribution >= 0.6 is 14.5 Å². The molecule has 0 heterocycles. The van der Waals surface area contributed by atoms with Gasteiger partial charge in [-0.15, -0.1) is 0 Å². The normalized spacial score (nSPS) is 8.10. The second kappa shape index (κ2) is 13.3. The maximum atomic E-state index is 5.66. The fourth-order valence-electron chi connectivity index (χ4n) is 0.250. The Balaban J connectivity index is 0. The summed E-state index contributed by atoms with van der Waals surface area (Å²) in [6.07, 6.45) is 6.38. The summed E-state index contributed by atoms with van der Waals surface area (Å²) in [5.74, 6) is 0. The van der Waals surface area contributed by atoms with Gasteiger partial charge in [-0.25, -0.2) is 0 Å². The van der Waals surface area contributed by atoms with Gasteiger partial charge in [0.1, 0.15) is 0 Å². The van der Waals surface area contributed by atoms with Gasteiger partial charge >= 0.3 is 46.6 Å². The van der Waals surface area contributed by atoms with Gasteiger partial charge in [0.05, 0.1) is 0 Å². The predicted molar refractivity (Wildman–Crippen MR) is 50.9 cm³/mol. The Labute approximate surface area is 79.2 Å². The molecule has 0 saturated heterocycles. The summed E-state index contributed by atoms with van der Waals surface area (Å²) < 4.78 is 1.27. The topological polar surface area (TPSA) is 0 Å². The molecule has 0 aromatic carbocycles. The molecule has 0 aliphatic carbocycles. The largest absolute Gasteiger partial charge is 0.0654 e. The van der Waals surface area contributed by atoms with Crippen LogP contribution in [-0.2, 0) is 21.2 Å². The zero-order valence-electron chi connectivity index (χ0n) is 7.20. The fourth-order valence-corrected chi connectivity index (χ4v) is 0.250. The monoisotopic (exact) mass is 370 g/mol. The van der Waals surface area contributed by atoms with Gasteiger partial charge in [0.2, 0.25) is 0 Å². The van der Waals surface area contributed by atoms with Crippen LogP contribution in [0.3, 0.4) is 0 Å². The average Bonchev–Trinajstić information content (AvgIpc) is 1.91. The molecular weight excluding hydrogens is 351 g/mol. The maximum absolute atomic E-state index is 5.66. The summed E-state index contributed by atoms with van der Waals surface area (Å²) in [5, 5.41) is 0. The van der Waals surface area contributed by atoms with Crippen LogP contribution in [0.5, 0.6) is 0 Å². The summed E-state index contributed by atoms with van der Waals surface area (Å²) in [6, 6.07) is 0. The van der Waals surface area contributed by atoms with Crippen molar-refractivity contribution in [1.29, 1.82) is 0 Å². The van der Waals surface area contributed by atoms with E-state index in [2.05, 4.69) is 27.1 Å². The molecule has 1 radical (unpaired) electrons. The molecule has 60 valence electrons. The van der Waals surface area contributed by atoms with Gasteiger partial charge in [-0.1, -0.05) is 33.1 Å². The van der Waals surface area contributed by atoms with Crippen molar-refractivity contribution < 1.29 is 21.2 Å². The van der Waals surface area contributed by atoms with E-state index < -0.39 is 21.2 Å². The van der Waals surface area contributed by atoms with Crippen molar-refractivity contribution in [2.45, 2.75) is 37.0 Å². The van der Waals surface area contributed by atoms with Crippen LogP contribution < -0.4 is 0 Å². The number of unbranched alkanes of at least 4 members (excludes halogenated alkanes) is 2. The molecule has 3 heteroatoms. The molecule has 0 spiro atoms. The van der Waals surface area contributed by atoms with Crippen molar-refractivity contribution in [3.8, 4) is 0 Å². The summed E-state index contributed by atoms with van der Waals surface area (Å²) in [6.45, 7) is 8.00. The zero-order chi connectivity index (χ0) is 8.41. The first-order valence-electron chi connectivity index (χ1n) is 4.09. The summed E-state index contributed by atoms with van der Waals surface area (Å²) in [7, 11) is 5.66. The fraction of sp³-hybridized carbons (Fsp3) is 0.857. The second-order valence-corrected chi connectivity index (χ2v) is 30.4. The van der Waals surface area contributed by atoms with Crippen molar-refractivity contribution in [2.75, 3.05) is 0 Å². The van der Waals surface area contributed by atoms with E-state index in [9.17, 15) is 0 Å². The van der Waals surface area contributed by atoms with Crippen molar-refractivity contribution in [2.24, 2.45) is 0 Å². The predicted octanol–water partition coefficient (Wildman–Crippen LogP) is 4.00. The molecule has 0 amide bonds. The summed E-state index contributed by atoms with van der Waals surface area (Å²) in [4.78, 5) is 0. The maximum Gasteiger partial charge on any atom is -0.0533 e. The molecule has 0 aromatic heterocycles. The van der Waals surface area contributed by atoms with Gasteiger partial charge in [-0.3, -0.25) is 0 Å². The van der Waals surface area contributed by atoms with Gasteiger partial charge in [0.25, 0.3) is 0 Å². The Morgan fingerprint density at radius 3 is 1.90 bits per heavy atom. The van der Waals surface area contributed by atoms with Crippen molar-refractivity contribution in [3.05, 3.63) is 6.92 Å². The first-order valence-corrected chi connectivity index (χ1v) is 25.1. The minimum atomic E-state index is -1.45. The van der Waals surface area contributed by atoms with E-state index in [0.29, 0.717) is 0 Å². The number of hydrogen-bond acceptors (Lipinski definition) is 0.